The molecule has 0 spiro atoms. The van der Waals surface area contributed by atoms with Crippen LogP contribution >= 0.6 is 23.2 Å². The largest absolute Gasteiger partial charge is 0.480 e. The van der Waals surface area contributed by atoms with Crippen molar-refractivity contribution < 1.29 is 23.8 Å². The first-order valence-corrected chi connectivity index (χ1v) is 10.9. The second-order valence-electron chi connectivity index (χ2n) is 8.37. The van der Waals surface area contributed by atoms with E-state index in [1.54, 1.807) is 0 Å². The molecule has 9 heteroatoms. The van der Waals surface area contributed by atoms with Gasteiger partial charge in [0.1, 0.15) is 23.1 Å². The van der Waals surface area contributed by atoms with Crippen LogP contribution in [0.15, 0.2) is 36.4 Å². The van der Waals surface area contributed by atoms with E-state index < -0.39 is 46.9 Å². The lowest BCUT2D eigenvalue weighted by molar-refractivity contribution is -0.139. The number of aliphatic hydroxyl groups excluding tert-OH is 1. The molecule has 2 aliphatic rings. The number of carbonyl (C=O) groups is 1. The molecule has 3 N–H and O–H groups in total. The van der Waals surface area contributed by atoms with Crippen LogP contribution < -0.4 is 5.32 Å². The predicted molar refractivity (Wildman–Crippen MR) is 114 cm³/mol. The standard InChI is InChI=1S/C23H20Cl2F2N2O3/c24-12-6-7-15(17(26)8-12)23(10-28)18(13-2-1-3-16(25)19(13)27)20(22(31)32)29-21(23)14(9-30)11-4-5-11/h1-3,6-8,11,14,18,20-21,29-30H,4-5,9H2,(H,31,32)/t14?,18-,20+,21-,23+/m0/s1. The minimum absolute atomic E-state index is 0.0398. The summed E-state index contributed by atoms with van der Waals surface area (Å²) in [6, 6.07) is 7.68. The number of rotatable bonds is 6. The SMILES string of the molecule is N#C[C@]1(c2ccc(Cl)cc2F)[C@H](C(CO)C2CC2)N[C@@H](C(=O)O)[C@@H]1c1cccc(Cl)c1F. The fraction of sp³-hybridized carbons (Fsp3) is 0.391. The van der Waals surface area contributed by atoms with Crippen LogP contribution in [-0.2, 0) is 10.2 Å². The van der Waals surface area contributed by atoms with Gasteiger partial charge in [-0.25, -0.2) is 8.78 Å². The van der Waals surface area contributed by atoms with Gasteiger partial charge in [0.2, 0.25) is 0 Å². The van der Waals surface area contributed by atoms with Crippen LogP contribution in [0.4, 0.5) is 8.78 Å². The van der Waals surface area contributed by atoms with Crippen LogP contribution in [0, 0.1) is 34.8 Å². The average Bonchev–Trinajstić information content (AvgIpc) is 3.52. The summed E-state index contributed by atoms with van der Waals surface area (Å²) in [6.45, 7) is -0.335. The minimum Gasteiger partial charge on any atom is -0.480 e. The second-order valence-corrected chi connectivity index (χ2v) is 9.21. The summed E-state index contributed by atoms with van der Waals surface area (Å²) >= 11 is 11.9. The third kappa shape index (κ3) is 3.56. The third-order valence-corrected chi connectivity index (χ3v) is 7.21. The van der Waals surface area contributed by atoms with Gasteiger partial charge in [0.15, 0.2) is 0 Å². The molecule has 2 aromatic rings. The van der Waals surface area contributed by atoms with Crippen molar-refractivity contribution in [2.45, 2.75) is 36.3 Å². The number of benzene rings is 2. The number of halogens is 4. The zero-order valence-electron chi connectivity index (χ0n) is 16.7. The summed E-state index contributed by atoms with van der Waals surface area (Å²) in [5.74, 6) is -4.81. The van der Waals surface area contributed by atoms with E-state index in [4.69, 9.17) is 23.2 Å². The number of hydrogen-bond acceptors (Lipinski definition) is 4. The third-order valence-electron chi connectivity index (χ3n) is 6.68. The Morgan fingerprint density at radius 3 is 2.56 bits per heavy atom. The van der Waals surface area contributed by atoms with Crippen molar-refractivity contribution in [2.75, 3.05) is 6.61 Å². The molecular weight excluding hydrogens is 461 g/mol. The number of aliphatic hydroxyl groups is 1. The van der Waals surface area contributed by atoms with E-state index in [-0.39, 0.29) is 33.7 Å². The summed E-state index contributed by atoms with van der Waals surface area (Å²) in [7, 11) is 0. The van der Waals surface area contributed by atoms with Crippen molar-refractivity contribution in [3.63, 3.8) is 0 Å². The first kappa shape index (κ1) is 22.9. The number of carboxylic acids is 1. The molecule has 0 aromatic heterocycles. The lowest BCUT2D eigenvalue weighted by Crippen LogP contribution is -2.49. The van der Waals surface area contributed by atoms with E-state index in [2.05, 4.69) is 11.4 Å². The summed E-state index contributed by atoms with van der Waals surface area (Å²) < 4.78 is 30.5. The Balaban J connectivity index is 2.04. The average molecular weight is 481 g/mol. The maximum absolute atomic E-state index is 15.3. The van der Waals surface area contributed by atoms with Crippen molar-refractivity contribution in [3.8, 4) is 6.07 Å². The molecule has 1 saturated carbocycles. The first-order valence-electron chi connectivity index (χ1n) is 10.2. The highest BCUT2D eigenvalue weighted by Crippen LogP contribution is 2.55. The van der Waals surface area contributed by atoms with Crippen LogP contribution in [0.25, 0.3) is 0 Å². The van der Waals surface area contributed by atoms with E-state index in [1.807, 2.05) is 0 Å². The molecule has 0 radical (unpaired) electrons. The highest BCUT2D eigenvalue weighted by atomic mass is 35.5. The van der Waals surface area contributed by atoms with Crippen LogP contribution in [0.1, 0.15) is 29.9 Å². The van der Waals surface area contributed by atoms with Crippen molar-refractivity contribution in [3.05, 3.63) is 69.2 Å². The van der Waals surface area contributed by atoms with Gasteiger partial charge in [0.05, 0.1) is 11.1 Å². The molecule has 0 bridgehead atoms. The van der Waals surface area contributed by atoms with Crippen molar-refractivity contribution in [2.24, 2.45) is 11.8 Å². The maximum atomic E-state index is 15.3. The zero-order chi connectivity index (χ0) is 23.2. The van der Waals surface area contributed by atoms with Gasteiger partial charge in [-0.1, -0.05) is 41.4 Å². The second kappa shape index (κ2) is 8.60. The molecule has 1 heterocycles. The number of nitriles is 1. The minimum atomic E-state index is -1.85. The van der Waals surface area contributed by atoms with Crippen LogP contribution in [0.5, 0.6) is 0 Å². The Labute approximate surface area is 193 Å². The molecule has 1 aliphatic heterocycles. The van der Waals surface area contributed by atoms with Crippen LogP contribution in [-0.4, -0.2) is 34.9 Å². The van der Waals surface area contributed by atoms with Crippen molar-refractivity contribution >= 4 is 29.2 Å². The van der Waals surface area contributed by atoms with Crippen LogP contribution in [0.3, 0.4) is 0 Å². The Hall–Kier alpha value is -2.24. The van der Waals surface area contributed by atoms with E-state index in [0.29, 0.717) is 0 Å². The van der Waals surface area contributed by atoms with Gasteiger partial charge >= 0.3 is 5.97 Å². The summed E-state index contributed by atoms with van der Waals surface area (Å²) in [4.78, 5) is 12.3. The summed E-state index contributed by atoms with van der Waals surface area (Å²) in [5, 5.41) is 33.5. The van der Waals surface area contributed by atoms with Gasteiger partial charge in [-0.3, -0.25) is 10.1 Å². The fourth-order valence-corrected chi connectivity index (χ4v) is 5.49. The highest BCUT2D eigenvalue weighted by Gasteiger charge is 2.63. The van der Waals surface area contributed by atoms with Gasteiger partial charge in [-0.15, -0.1) is 0 Å². The van der Waals surface area contributed by atoms with Gasteiger partial charge in [-0.05, 0) is 42.5 Å². The first-order chi connectivity index (χ1) is 15.3. The van der Waals surface area contributed by atoms with E-state index in [0.717, 1.165) is 18.9 Å². The number of nitrogens with zero attached hydrogens (tertiary/aromatic N) is 1. The smallest absolute Gasteiger partial charge is 0.321 e. The molecule has 0 amide bonds. The Morgan fingerprint density at radius 1 is 1.28 bits per heavy atom. The highest BCUT2D eigenvalue weighted by molar-refractivity contribution is 6.31. The molecule has 4 rings (SSSR count). The molecular formula is C23H20Cl2F2N2O3. The lowest BCUT2D eigenvalue weighted by Gasteiger charge is -2.38. The Kier molecular flexibility index (Phi) is 6.17. The van der Waals surface area contributed by atoms with Gasteiger partial charge in [0, 0.05) is 35.1 Å². The molecule has 168 valence electrons. The number of nitrogens with one attached hydrogen (secondary N) is 1. The number of aliphatic carboxylic acids is 1. The van der Waals surface area contributed by atoms with Crippen LogP contribution in [0.2, 0.25) is 10.0 Å². The van der Waals surface area contributed by atoms with Gasteiger partial charge < -0.3 is 10.2 Å². The molecule has 5 nitrogen and oxygen atoms in total. The molecule has 2 fully saturated rings. The summed E-state index contributed by atoms with van der Waals surface area (Å²) in [5.41, 5.74) is -2.06. The normalized spacial score (nSPS) is 28.3. The Bertz CT molecular complexity index is 1110. The molecule has 1 aliphatic carbocycles. The number of hydrogen-bond donors (Lipinski definition) is 3. The van der Waals surface area contributed by atoms with Gasteiger partial charge in [-0.2, -0.15) is 5.26 Å². The monoisotopic (exact) mass is 480 g/mol. The van der Waals surface area contributed by atoms with E-state index in [1.165, 1.54) is 30.3 Å². The molecule has 1 saturated heterocycles. The van der Waals surface area contributed by atoms with E-state index in [9.17, 15) is 20.3 Å². The topological polar surface area (TPSA) is 93.4 Å². The summed E-state index contributed by atoms with van der Waals surface area (Å²) in [6.07, 6.45) is 1.59. The predicted octanol–water partition coefficient (Wildman–Crippen LogP) is 4.26. The molecule has 5 atom stereocenters. The Morgan fingerprint density at radius 2 is 2.00 bits per heavy atom. The quantitative estimate of drug-likeness (QED) is 0.574. The molecule has 2 aromatic carbocycles. The van der Waals surface area contributed by atoms with Crippen molar-refractivity contribution in [1.29, 1.82) is 5.26 Å². The molecule has 1 unspecified atom stereocenters. The lowest BCUT2D eigenvalue weighted by atomic mass is 9.62. The number of carboxylic acid groups (broad SMARTS) is 1. The van der Waals surface area contributed by atoms with E-state index >= 15 is 8.78 Å². The fourth-order valence-electron chi connectivity index (χ4n) is 5.15. The zero-order valence-corrected chi connectivity index (χ0v) is 18.2. The van der Waals surface area contributed by atoms with Crippen molar-refractivity contribution in [1.82, 2.24) is 5.32 Å². The van der Waals surface area contributed by atoms with Gasteiger partial charge in [0.25, 0.3) is 0 Å². The maximum Gasteiger partial charge on any atom is 0.321 e. The molecule has 32 heavy (non-hydrogen) atoms.